The Balaban J connectivity index is 2.66. The molecule has 0 radical (unpaired) electrons. The molecular weight excluding hydrogens is 247 g/mol. The van der Waals surface area contributed by atoms with Crippen molar-refractivity contribution in [3.63, 3.8) is 0 Å². The first-order valence-corrected chi connectivity index (χ1v) is 5.38. The van der Waals surface area contributed by atoms with Gasteiger partial charge in [0.1, 0.15) is 16.3 Å². The summed E-state index contributed by atoms with van der Waals surface area (Å²) in [5.74, 6) is 0.330. The third-order valence-electron chi connectivity index (χ3n) is 2.08. The Morgan fingerprint density at radius 2 is 2.12 bits per heavy atom. The Labute approximate surface area is 102 Å². The molecule has 0 aliphatic rings. The Kier molecular flexibility index (Phi) is 3.03. The van der Waals surface area contributed by atoms with E-state index in [1.807, 2.05) is 0 Å². The van der Waals surface area contributed by atoms with Crippen LogP contribution in [0, 0.1) is 17.4 Å². The predicted molar refractivity (Wildman–Crippen MR) is 64.6 cm³/mol. The Bertz CT molecular complexity index is 595. The topological polar surface area (TPSA) is 28.7 Å². The maximum absolute atomic E-state index is 13.1. The smallest absolute Gasteiger partial charge is 0.130 e. The highest BCUT2D eigenvalue weighted by Gasteiger charge is 2.06. The summed E-state index contributed by atoms with van der Waals surface area (Å²) in [5.41, 5.74) is 1.25. The summed E-state index contributed by atoms with van der Waals surface area (Å²) in [6.45, 7) is 1.78. The van der Waals surface area contributed by atoms with Gasteiger partial charge in [0.2, 0.25) is 0 Å². The van der Waals surface area contributed by atoms with Crippen LogP contribution >= 0.6 is 23.8 Å². The van der Waals surface area contributed by atoms with Crippen LogP contribution in [0.25, 0.3) is 11.3 Å². The normalized spacial score (nSPS) is 10.4. The highest BCUT2D eigenvalue weighted by Crippen LogP contribution is 2.26. The minimum absolute atomic E-state index is 0.340. The van der Waals surface area contributed by atoms with E-state index in [1.165, 1.54) is 18.2 Å². The number of benzene rings is 1. The van der Waals surface area contributed by atoms with Gasteiger partial charge in [0.15, 0.2) is 0 Å². The summed E-state index contributed by atoms with van der Waals surface area (Å²) in [4.78, 5) is 7.04. The molecule has 2 aromatic rings. The highest BCUT2D eigenvalue weighted by atomic mass is 35.5. The standard InChI is InChI=1S/C11H8ClFN2S/c1-6-14-10(5-11(16)15-6)8-4-7(13)2-3-9(8)12/h2-5H,1H3,(H,14,15,16). The first-order valence-electron chi connectivity index (χ1n) is 4.59. The van der Waals surface area contributed by atoms with Gasteiger partial charge in [-0.25, -0.2) is 9.37 Å². The lowest BCUT2D eigenvalue weighted by atomic mass is 10.1. The second-order valence-electron chi connectivity index (χ2n) is 3.34. The Morgan fingerprint density at radius 3 is 2.81 bits per heavy atom. The molecule has 0 saturated heterocycles. The maximum Gasteiger partial charge on any atom is 0.130 e. The van der Waals surface area contributed by atoms with Gasteiger partial charge >= 0.3 is 0 Å². The molecule has 0 spiro atoms. The molecule has 0 aliphatic carbocycles. The third-order valence-corrected chi connectivity index (χ3v) is 2.62. The molecule has 0 aliphatic heterocycles. The average Bonchev–Trinajstić information content (AvgIpc) is 2.20. The lowest BCUT2D eigenvalue weighted by Gasteiger charge is -2.05. The van der Waals surface area contributed by atoms with E-state index in [0.29, 0.717) is 26.7 Å². The maximum atomic E-state index is 13.1. The van der Waals surface area contributed by atoms with Gasteiger partial charge < -0.3 is 4.98 Å². The highest BCUT2D eigenvalue weighted by molar-refractivity contribution is 7.71. The van der Waals surface area contributed by atoms with Crippen LogP contribution in [0.3, 0.4) is 0 Å². The molecule has 0 bridgehead atoms. The lowest BCUT2D eigenvalue weighted by molar-refractivity contribution is 0.628. The molecule has 0 unspecified atom stereocenters. The molecule has 2 rings (SSSR count). The predicted octanol–water partition coefficient (Wildman–Crippen LogP) is 3.91. The van der Waals surface area contributed by atoms with Gasteiger partial charge in [0.25, 0.3) is 0 Å². The van der Waals surface area contributed by atoms with E-state index in [1.54, 1.807) is 13.0 Å². The molecule has 1 aromatic carbocycles. The molecule has 1 N–H and O–H groups in total. The fourth-order valence-electron chi connectivity index (χ4n) is 1.43. The zero-order valence-corrected chi connectivity index (χ0v) is 9.99. The molecule has 16 heavy (non-hydrogen) atoms. The summed E-state index contributed by atoms with van der Waals surface area (Å²) < 4.78 is 13.6. The van der Waals surface area contributed by atoms with Crippen molar-refractivity contribution in [1.82, 2.24) is 9.97 Å². The molecule has 82 valence electrons. The van der Waals surface area contributed by atoms with Crippen molar-refractivity contribution in [1.29, 1.82) is 0 Å². The molecule has 0 amide bonds. The monoisotopic (exact) mass is 254 g/mol. The number of aromatic nitrogens is 2. The average molecular weight is 255 g/mol. The Hall–Kier alpha value is -1.26. The summed E-state index contributed by atoms with van der Waals surface area (Å²) in [5, 5.41) is 0.470. The van der Waals surface area contributed by atoms with Gasteiger partial charge in [0.05, 0.1) is 10.7 Å². The molecule has 2 nitrogen and oxygen atoms in total. The molecule has 1 aromatic heterocycles. The van der Waals surface area contributed by atoms with E-state index >= 15 is 0 Å². The zero-order valence-electron chi connectivity index (χ0n) is 8.42. The molecule has 1 heterocycles. The second-order valence-corrected chi connectivity index (χ2v) is 4.17. The van der Waals surface area contributed by atoms with Crippen molar-refractivity contribution in [2.75, 3.05) is 0 Å². The fourth-order valence-corrected chi connectivity index (χ4v) is 1.90. The van der Waals surface area contributed by atoms with Crippen molar-refractivity contribution in [2.24, 2.45) is 0 Å². The first kappa shape index (κ1) is 11.2. The van der Waals surface area contributed by atoms with Gasteiger partial charge in [0, 0.05) is 5.56 Å². The summed E-state index contributed by atoms with van der Waals surface area (Å²) >= 11 is 11.0. The first-order chi connectivity index (χ1) is 7.56. The third kappa shape index (κ3) is 2.28. The Morgan fingerprint density at radius 1 is 1.38 bits per heavy atom. The minimum atomic E-state index is -0.340. The zero-order chi connectivity index (χ0) is 11.7. The fraction of sp³-hybridized carbons (Fsp3) is 0.0909. The van der Waals surface area contributed by atoms with Crippen LogP contribution in [0.15, 0.2) is 24.3 Å². The SMILES string of the molecule is Cc1nc(=S)cc(-c2cc(F)ccc2Cl)[nH]1. The largest absolute Gasteiger partial charge is 0.343 e. The van der Waals surface area contributed by atoms with Crippen LogP contribution in [0.5, 0.6) is 0 Å². The van der Waals surface area contributed by atoms with E-state index in [0.717, 1.165) is 0 Å². The number of hydrogen-bond donors (Lipinski definition) is 1. The van der Waals surface area contributed by atoms with E-state index < -0.39 is 0 Å². The summed E-state index contributed by atoms with van der Waals surface area (Å²) in [7, 11) is 0. The number of hydrogen-bond acceptors (Lipinski definition) is 2. The number of aryl methyl sites for hydroxylation is 1. The van der Waals surface area contributed by atoms with Crippen LogP contribution < -0.4 is 0 Å². The van der Waals surface area contributed by atoms with E-state index in [9.17, 15) is 4.39 Å². The van der Waals surface area contributed by atoms with Crippen LogP contribution in [-0.2, 0) is 0 Å². The van der Waals surface area contributed by atoms with Gasteiger partial charge in [-0.2, -0.15) is 0 Å². The van der Waals surface area contributed by atoms with Crippen LogP contribution in [0.1, 0.15) is 5.82 Å². The summed E-state index contributed by atoms with van der Waals surface area (Å²) in [6.07, 6.45) is 0. The van der Waals surface area contributed by atoms with Crippen molar-refractivity contribution in [3.8, 4) is 11.3 Å². The number of aromatic amines is 1. The van der Waals surface area contributed by atoms with Gasteiger partial charge in [-0.05, 0) is 31.2 Å². The van der Waals surface area contributed by atoms with E-state index in [4.69, 9.17) is 23.8 Å². The number of halogens is 2. The lowest BCUT2D eigenvalue weighted by Crippen LogP contribution is -1.92. The molecule has 5 heteroatoms. The number of rotatable bonds is 1. The van der Waals surface area contributed by atoms with Gasteiger partial charge in [-0.3, -0.25) is 0 Å². The molecule has 0 fully saturated rings. The van der Waals surface area contributed by atoms with E-state index in [2.05, 4.69) is 9.97 Å². The number of nitrogens with zero attached hydrogens (tertiary/aromatic N) is 1. The molecule has 0 saturated carbocycles. The van der Waals surface area contributed by atoms with Crippen molar-refractivity contribution in [3.05, 3.63) is 45.6 Å². The van der Waals surface area contributed by atoms with Gasteiger partial charge in [-0.1, -0.05) is 23.8 Å². The number of nitrogens with one attached hydrogen (secondary N) is 1. The molecular formula is C11H8ClFN2S. The van der Waals surface area contributed by atoms with Crippen molar-refractivity contribution < 1.29 is 4.39 Å². The van der Waals surface area contributed by atoms with Crippen molar-refractivity contribution >= 4 is 23.8 Å². The number of H-pyrrole nitrogens is 1. The van der Waals surface area contributed by atoms with Crippen molar-refractivity contribution in [2.45, 2.75) is 6.92 Å². The quantitative estimate of drug-likeness (QED) is 0.782. The molecule has 0 atom stereocenters. The summed E-state index contributed by atoms with van der Waals surface area (Å²) in [6, 6.07) is 5.85. The van der Waals surface area contributed by atoms with Gasteiger partial charge in [-0.15, -0.1) is 0 Å². The van der Waals surface area contributed by atoms with Crippen LogP contribution in [0.4, 0.5) is 4.39 Å². The minimum Gasteiger partial charge on any atom is -0.343 e. The van der Waals surface area contributed by atoms with Crippen LogP contribution in [0.2, 0.25) is 5.02 Å². The second kappa shape index (κ2) is 4.31. The van der Waals surface area contributed by atoms with E-state index in [-0.39, 0.29) is 5.82 Å². The van der Waals surface area contributed by atoms with Crippen LogP contribution in [-0.4, -0.2) is 9.97 Å².